The second-order valence-corrected chi connectivity index (χ2v) is 10.9. The van der Waals surface area contributed by atoms with Gasteiger partial charge >= 0.3 is 0 Å². The van der Waals surface area contributed by atoms with E-state index in [0.29, 0.717) is 42.4 Å². The number of aromatic amines is 1. The fourth-order valence-corrected chi connectivity index (χ4v) is 5.50. The van der Waals surface area contributed by atoms with Gasteiger partial charge in [0.25, 0.3) is 5.91 Å². The average Bonchev–Trinajstić information content (AvgIpc) is 3.42. The SMILES string of the molecule is COc1cc(OCC(=O)Nc2nc3ccccc3[nH]2)ccc1C(=O)C=CC(=O)N1CCC(N2CCN(C)C(C)C2)CC1. The number of allylic oxidation sites excluding steroid dienone is 1. The number of carbonyl (C=O) groups is 3. The van der Waals surface area contributed by atoms with E-state index in [9.17, 15) is 14.4 Å². The summed E-state index contributed by atoms with van der Waals surface area (Å²) < 4.78 is 11.0. The number of H-pyrrole nitrogens is 1. The molecule has 5 rings (SSSR count). The number of piperazine rings is 1. The second kappa shape index (κ2) is 13.2. The van der Waals surface area contributed by atoms with E-state index < -0.39 is 5.91 Å². The number of rotatable bonds is 9. The molecule has 3 aromatic rings. The third-order valence-electron chi connectivity index (χ3n) is 8.12. The van der Waals surface area contributed by atoms with Crippen LogP contribution >= 0.6 is 0 Å². The maximum Gasteiger partial charge on any atom is 0.264 e. The summed E-state index contributed by atoms with van der Waals surface area (Å²) in [5, 5.41) is 2.67. The first-order chi connectivity index (χ1) is 20.3. The van der Waals surface area contributed by atoms with Crippen LogP contribution in [0.2, 0.25) is 0 Å². The number of fused-ring (bicyclic) bond motifs is 1. The summed E-state index contributed by atoms with van der Waals surface area (Å²) in [6, 6.07) is 13.2. The molecule has 3 heterocycles. The van der Waals surface area contributed by atoms with Gasteiger partial charge in [-0.1, -0.05) is 12.1 Å². The number of imidazole rings is 1. The summed E-state index contributed by atoms with van der Waals surface area (Å²) in [4.78, 5) is 52.2. The average molecular weight is 575 g/mol. The van der Waals surface area contributed by atoms with Gasteiger partial charge in [-0.2, -0.15) is 0 Å². The number of nitrogens with one attached hydrogen (secondary N) is 2. The van der Waals surface area contributed by atoms with Gasteiger partial charge in [-0.05, 0) is 57.2 Å². The first-order valence-electron chi connectivity index (χ1n) is 14.3. The third kappa shape index (κ3) is 6.97. The number of anilines is 1. The van der Waals surface area contributed by atoms with Crippen LogP contribution < -0.4 is 14.8 Å². The Morgan fingerprint density at radius 1 is 1.07 bits per heavy atom. The van der Waals surface area contributed by atoms with Crippen LogP contribution in [0.4, 0.5) is 5.95 Å². The van der Waals surface area contributed by atoms with E-state index in [0.717, 1.165) is 43.5 Å². The number of hydrogen-bond acceptors (Lipinski definition) is 8. The zero-order valence-corrected chi connectivity index (χ0v) is 24.3. The zero-order chi connectivity index (χ0) is 29.6. The largest absolute Gasteiger partial charge is 0.496 e. The number of ketones is 1. The smallest absolute Gasteiger partial charge is 0.264 e. The molecule has 0 spiro atoms. The fourth-order valence-electron chi connectivity index (χ4n) is 5.50. The molecule has 42 heavy (non-hydrogen) atoms. The molecule has 0 radical (unpaired) electrons. The molecule has 1 atom stereocenters. The quantitative estimate of drug-likeness (QED) is 0.296. The molecule has 2 saturated heterocycles. The van der Waals surface area contributed by atoms with Crippen LogP contribution in [0, 0.1) is 0 Å². The molecule has 2 aliphatic rings. The molecule has 1 unspecified atom stereocenters. The van der Waals surface area contributed by atoms with Crippen LogP contribution in [-0.4, -0.2) is 108 Å². The molecule has 1 aromatic heterocycles. The minimum absolute atomic E-state index is 0.164. The lowest BCUT2D eigenvalue weighted by atomic mass is 10.0. The molecular formula is C31H38N6O5. The Bertz CT molecular complexity index is 1430. The van der Waals surface area contributed by atoms with Crippen LogP contribution in [0.25, 0.3) is 11.0 Å². The van der Waals surface area contributed by atoms with Crippen molar-refractivity contribution in [2.45, 2.75) is 31.8 Å². The van der Waals surface area contributed by atoms with Crippen LogP contribution in [0.1, 0.15) is 30.1 Å². The topological polar surface area (TPSA) is 120 Å². The molecule has 0 aliphatic carbocycles. The highest BCUT2D eigenvalue weighted by Crippen LogP contribution is 2.26. The Balaban J connectivity index is 1.10. The number of para-hydroxylation sites is 2. The van der Waals surface area contributed by atoms with Gasteiger partial charge < -0.3 is 24.3 Å². The number of likely N-dealkylation sites (N-methyl/N-ethyl adjacent to an activating group) is 1. The number of amides is 2. The first-order valence-corrected chi connectivity index (χ1v) is 14.3. The molecule has 2 aliphatic heterocycles. The number of carbonyl (C=O) groups excluding carboxylic acids is 3. The van der Waals surface area contributed by atoms with Gasteiger partial charge in [0.15, 0.2) is 12.4 Å². The van der Waals surface area contributed by atoms with Crippen molar-refractivity contribution in [3.05, 3.63) is 60.2 Å². The number of piperidine rings is 1. The number of likely N-dealkylation sites (tertiary alicyclic amines) is 1. The predicted molar refractivity (Wildman–Crippen MR) is 160 cm³/mol. The number of methoxy groups -OCH3 is 1. The second-order valence-electron chi connectivity index (χ2n) is 10.9. The zero-order valence-electron chi connectivity index (χ0n) is 24.3. The Hall–Kier alpha value is -4.22. The Morgan fingerprint density at radius 3 is 2.60 bits per heavy atom. The molecule has 2 aromatic carbocycles. The van der Waals surface area contributed by atoms with Crippen molar-refractivity contribution in [1.29, 1.82) is 0 Å². The van der Waals surface area contributed by atoms with Crippen LogP contribution in [0.15, 0.2) is 54.6 Å². The van der Waals surface area contributed by atoms with Crippen molar-refractivity contribution >= 4 is 34.6 Å². The standard InChI is InChI=1S/C31H38N6O5/c1-21-19-37(17-16-35(21)2)22-12-14-36(15-13-22)30(40)11-10-27(38)24-9-8-23(18-28(24)41-3)42-20-29(39)34-31-32-25-6-4-5-7-26(25)33-31/h4-11,18,21-22H,12-17,19-20H2,1-3H3,(H2,32,33,34,39). The fraction of sp³-hybridized carbons (Fsp3) is 0.419. The number of benzene rings is 2. The van der Waals surface area contributed by atoms with Crippen molar-refractivity contribution < 1.29 is 23.9 Å². The highest BCUT2D eigenvalue weighted by molar-refractivity contribution is 6.09. The lowest BCUT2D eigenvalue weighted by Crippen LogP contribution is -2.55. The van der Waals surface area contributed by atoms with Crippen LogP contribution in [0.3, 0.4) is 0 Å². The van der Waals surface area contributed by atoms with E-state index in [1.54, 1.807) is 18.2 Å². The molecule has 2 fully saturated rings. The van der Waals surface area contributed by atoms with Gasteiger partial charge in [0, 0.05) is 56.9 Å². The van der Waals surface area contributed by atoms with Gasteiger partial charge in [0.2, 0.25) is 11.9 Å². The Labute approximate surface area is 245 Å². The molecule has 0 bridgehead atoms. The minimum atomic E-state index is -0.392. The third-order valence-corrected chi connectivity index (χ3v) is 8.12. The Kier molecular flexibility index (Phi) is 9.19. The summed E-state index contributed by atoms with van der Waals surface area (Å²) in [7, 11) is 3.62. The highest BCUT2D eigenvalue weighted by Gasteiger charge is 2.30. The number of nitrogens with zero attached hydrogens (tertiary/aromatic N) is 4. The van der Waals surface area contributed by atoms with Crippen LogP contribution in [-0.2, 0) is 9.59 Å². The van der Waals surface area contributed by atoms with E-state index in [4.69, 9.17) is 9.47 Å². The summed E-state index contributed by atoms with van der Waals surface area (Å²) in [6.07, 6.45) is 4.51. The molecular weight excluding hydrogens is 536 g/mol. The maximum atomic E-state index is 12.9. The number of aromatic nitrogens is 2. The summed E-state index contributed by atoms with van der Waals surface area (Å²) in [5.41, 5.74) is 1.85. The van der Waals surface area contributed by atoms with E-state index in [-0.39, 0.29) is 24.0 Å². The monoisotopic (exact) mass is 574 g/mol. The molecule has 11 nitrogen and oxygen atoms in total. The molecule has 2 amide bonds. The van der Waals surface area contributed by atoms with Crippen molar-refractivity contribution in [3.8, 4) is 11.5 Å². The summed E-state index contributed by atoms with van der Waals surface area (Å²) >= 11 is 0. The van der Waals surface area contributed by atoms with Gasteiger partial charge in [-0.3, -0.25) is 24.6 Å². The van der Waals surface area contributed by atoms with Gasteiger partial charge in [-0.15, -0.1) is 0 Å². The summed E-state index contributed by atoms with van der Waals surface area (Å²) in [6.45, 7) is 6.56. The minimum Gasteiger partial charge on any atom is -0.496 e. The van der Waals surface area contributed by atoms with E-state index >= 15 is 0 Å². The van der Waals surface area contributed by atoms with Gasteiger partial charge in [0.05, 0.1) is 23.7 Å². The summed E-state index contributed by atoms with van der Waals surface area (Å²) in [5.74, 6) is 0.0735. The lowest BCUT2D eigenvalue weighted by molar-refractivity contribution is -0.127. The molecule has 222 valence electrons. The van der Waals surface area contributed by atoms with Crippen molar-refractivity contribution in [1.82, 2.24) is 24.7 Å². The highest BCUT2D eigenvalue weighted by atomic mass is 16.5. The van der Waals surface area contributed by atoms with Crippen molar-refractivity contribution in [2.24, 2.45) is 0 Å². The first kappa shape index (κ1) is 29.3. The van der Waals surface area contributed by atoms with Crippen molar-refractivity contribution in [2.75, 3.05) is 58.8 Å². The van der Waals surface area contributed by atoms with E-state index in [1.165, 1.54) is 19.3 Å². The van der Waals surface area contributed by atoms with Crippen molar-refractivity contribution in [3.63, 3.8) is 0 Å². The van der Waals surface area contributed by atoms with E-state index in [1.807, 2.05) is 29.2 Å². The lowest BCUT2D eigenvalue weighted by Gasteiger charge is -2.44. The van der Waals surface area contributed by atoms with Gasteiger partial charge in [0.1, 0.15) is 11.5 Å². The maximum absolute atomic E-state index is 12.9. The van der Waals surface area contributed by atoms with Crippen LogP contribution in [0.5, 0.6) is 11.5 Å². The van der Waals surface area contributed by atoms with E-state index in [2.05, 4.69) is 39.1 Å². The molecule has 0 saturated carbocycles. The Morgan fingerprint density at radius 2 is 1.86 bits per heavy atom. The molecule has 11 heteroatoms. The van der Waals surface area contributed by atoms with Gasteiger partial charge in [-0.25, -0.2) is 4.98 Å². The normalized spacial score (nSPS) is 18.8. The molecule has 2 N–H and O–H groups in total. The number of ether oxygens (including phenoxy) is 2. The number of hydrogen-bond donors (Lipinski definition) is 2. The predicted octanol–water partition coefficient (Wildman–Crippen LogP) is 2.95.